The first-order valence-electron chi connectivity index (χ1n) is 8.23. The number of halogens is 1. The minimum Gasteiger partial charge on any atom is -0.321 e. The lowest BCUT2D eigenvalue weighted by Gasteiger charge is -2.47. The van der Waals surface area contributed by atoms with Gasteiger partial charge in [-0.15, -0.1) is 0 Å². The summed E-state index contributed by atoms with van der Waals surface area (Å²) < 4.78 is 0.885. The van der Waals surface area contributed by atoms with Gasteiger partial charge in [0.15, 0.2) is 0 Å². The zero-order chi connectivity index (χ0) is 18.5. The van der Waals surface area contributed by atoms with E-state index in [1.54, 1.807) is 37.4 Å². The van der Waals surface area contributed by atoms with Crippen molar-refractivity contribution in [1.29, 1.82) is 0 Å². The molecule has 3 amide bonds. The maximum atomic E-state index is 13.3. The molecule has 0 bridgehead atoms. The molecule has 4 rings (SSSR count). The smallest absolute Gasteiger partial charge is 0.271 e. The van der Waals surface area contributed by atoms with Gasteiger partial charge in [-0.2, -0.15) is 0 Å². The van der Waals surface area contributed by atoms with Crippen LogP contribution in [0.15, 0.2) is 48.5 Å². The van der Waals surface area contributed by atoms with E-state index in [9.17, 15) is 14.4 Å². The lowest BCUT2D eigenvalue weighted by atomic mass is 9.96. The molecule has 0 aliphatic carbocycles. The molecule has 1 N–H and O–H groups in total. The molecule has 2 aliphatic heterocycles. The van der Waals surface area contributed by atoms with Crippen molar-refractivity contribution in [2.45, 2.75) is 18.5 Å². The van der Waals surface area contributed by atoms with Gasteiger partial charge in [0.1, 0.15) is 0 Å². The number of nitrogens with zero attached hydrogens (tertiary/aromatic N) is 2. The number of para-hydroxylation sites is 2. The standard InChI is InChI=1S/C19H16IN3O3/c1-22-17(25)12-6-2-5-9-15(12)23-16(24)10-11-19(22,23)18(26)21-14-8-4-3-7-13(14)20/h2-9H,10-11H2,1H3,(H,21,26)/t19-/m1/s1. The minimum absolute atomic E-state index is 0.158. The van der Waals surface area contributed by atoms with Gasteiger partial charge in [0.05, 0.1) is 16.9 Å². The fraction of sp³-hybridized carbons (Fsp3) is 0.211. The van der Waals surface area contributed by atoms with Crippen LogP contribution in [0.4, 0.5) is 11.4 Å². The summed E-state index contributed by atoms with van der Waals surface area (Å²) in [6.45, 7) is 0. The molecule has 26 heavy (non-hydrogen) atoms. The monoisotopic (exact) mass is 461 g/mol. The average Bonchev–Trinajstić information content (AvgIpc) is 3.00. The summed E-state index contributed by atoms with van der Waals surface area (Å²) in [5, 5.41) is 2.91. The Morgan fingerprint density at radius 2 is 1.81 bits per heavy atom. The van der Waals surface area contributed by atoms with Crippen LogP contribution in [0.3, 0.4) is 0 Å². The molecule has 1 atom stereocenters. The van der Waals surface area contributed by atoms with Crippen molar-refractivity contribution < 1.29 is 14.4 Å². The Balaban J connectivity index is 1.83. The van der Waals surface area contributed by atoms with Crippen LogP contribution in [0.25, 0.3) is 0 Å². The molecular weight excluding hydrogens is 445 g/mol. The molecule has 0 saturated carbocycles. The molecule has 2 aliphatic rings. The number of hydrogen-bond donors (Lipinski definition) is 1. The quantitative estimate of drug-likeness (QED) is 0.700. The maximum absolute atomic E-state index is 13.3. The number of benzene rings is 2. The third-order valence-corrected chi connectivity index (χ3v) is 5.97. The van der Waals surface area contributed by atoms with Gasteiger partial charge in [-0.05, 0) is 46.9 Å². The highest BCUT2D eigenvalue weighted by Gasteiger charge is 2.59. The first-order valence-corrected chi connectivity index (χ1v) is 9.31. The van der Waals surface area contributed by atoms with E-state index in [2.05, 4.69) is 27.9 Å². The van der Waals surface area contributed by atoms with Crippen molar-refractivity contribution in [3.8, 4) is 0 Å². The second-order valence-corrected chi connectivity index (χ2v) is 7.52. The van der Waals surface area contributed by atoms with Gasteiger partial charge >= 0.3 is 0 Å². The van der Waals surface area contributed by atoms with E-state index in [1.807, 2.05) is 18.2 Å². The van der Waals surface area contributed by atoms with E-state index >= 15 is 0 Å². The van der Waals surface area contributed by atoms with Gasteiger partial charge in [0, 0.05) is 23.5 Å². The lowest BCUT2D eigenvalue weighted by Crippen LogP contribution is -2.68. The summed E-state index contributed by atoms with van der Waals surface area (Å²) in [6, 6.07) is 14.3. The first kappa shape index (κ1) is 17.0. The van der Waals surface area contributed by atoms with Crippen molar-refractivity contribution in [2.75, 3.05) is 17.3 Å². The van der Waals surface area contributed by atoms with Gasteiger partial charge in [0.25, 0.3) is 11.8 Å². The van der Waals surface area contributed by atoms with Crippen LogP contribution in [0.5, 0.6) is 0 Å². The second kappa shape index (κ2) is 6.08. The predicted octanol–water partition coefficient (Wildman–Crippen LogP) is 2.84. The lowest BCUT2D eigenvalue weighted by molar-refractivity contribution is -0.128. The molecule has 0 aromatic heterocycles. The van der Waals surface area contributed by atoms with Gasteiger partial charge in [-0.25, -0.2) is 0 Å². The third kappa shape index (κ3) is 2.26. The van der Waals surface area contributed by atoms with Gasteiger partial charge in [0.2, 0.25) is 11.6 Å². The Morgan fingerprint density at radius 3 is 2.58 bits per heavy atom. The Hall–Kier alpha value is -2.42. The number of hydrogen-bond acceptors (Lipinski definition) is 3. The average molecular weight is 461 g/mol. The first-order chi connectivity index (χ1) is 12.5. The van der Waals surface area contributed by atoms with E-state index in [-0.39, 0.29) is 30.6 Å². The highest BCUT2D eigenvalue weighted by atomic mass is 127. The zero-order valence-corrected chi connectivity index (χ0v) is 16.2. The van der Waals surface area contributed by atoms with Gasteiger partial charge in [-0.1, -0.05) is 24.3 Å². The number of carbonyl (C=O) groups excluding carboxylic acids is 3. The van der Waals surface area contributed by atoms with E-state index in [4.69, 9.17) is 0 Å². The molecule has 0 unspecified atom stereocenters. The molecule has 132 valence electrons. The van der Waals surface area contributed by atoms with Crippen molar-refractivity contribution in [3.63, 3.8) is 0 Å². The Kier molecular flexibility index (Phi) is 3.98. The van der Waals surface area contributed by atoms with Crippen molar-refractivity contribution in [3.05, 3.63) is 57.7 Å². The summed E-state index contributed by atoms with van der Waals surface area (Å²) in [4.78, 5) is 41.8. The Labute approximate surface area is 164 Å². The number of carbonyl (C=O) groups is 3. The number of nitrogens with one attached hydrogen (secondary N) is 1. The largest absolute Gasteiger partial charge is 0.321 e. The highest BCUT2D eigenvalue weighted by molar-refractivity contribution is 14.1. The zero-order valence-electron chi connectivity index (χ0n) is 14.0. The minimum atomic E-state index is -1.35. The number of likely N-dealkylation sites (N-methyl/N-ethyl adjacent to an activating group) is 1. The number of anilines is 2. The fourth-order valence-corrected chi connectivity index (χ4v) is 4.24. The SMILES string of the molecule is CN1C(=O)c2ccccc2N2C(=O)CC[C@@]12C(=O)Nc1ccccc1I. The van der Waals surface area contributed by atoms with Crippen molar-refractivity contribution in [1.82, 2.24) is 4.90 Å². The van der Waals surface area contributed by atoms with Crippen LogP contribution in [0.1, 0.15) is 23.2 Å². The number of rotatable bonds is 2. The summed E-state index contributed by atoms with van der Waals surface area (Å²) in [5.74, 6) is -0.794. The summed E-state index contributed by atoms with van der Waals surface area (Å²) in [7, 11) is 1.58. The summed E-state index contributed by atoms with van der Waals surface area (Å²) >= 11 is 2.14. The molecule has 2 aromatic rings. The molecule has 7 heteroatoms. The molecular formula is C19H16IN3O3. The molecule has 2 heterocycles. The van der Waals surface area contributed by atoms with Crippen molar-refractivity contribution >= 4 is 51.7 Å². The molecule has 2 aromatic carbocycles. The topological polar surface area (TPSA) is 69.7 Å². The highest BCUT2D eigenvalue weighted by Crippen LogP contribution is 2.44. The molecule has 1 fully saturated rings. The second-order valence-electron chi connectivity index (χ2n) is 6.36. The van der Waals surface area contributed by atoms with Crippen LogP contribution in [-0.4, -0.2) is 35.3 Å². The molecule has 0 spiro atoms. The molecule has 1 saturated heterocycles. The maximum Gasteiger partial charge on any atom is 0.271 e. The van der Waals surface area contributed by atoms with E-state index < -0.39 is 5.66 Å². The van der Waals surface area contributed by atoms with Crippen molar-refractivity contribution in [2.24, 2.45) is 0 Å². The van der Waals surface area contributed by atoms with Crippen LogP contribution in [0.2, 0.25) is 0 Å². The van der Waals surface area contributed by atoms with Crippen LogP contribution in [0, 0.1) is 3.57 Å². The van der Waals surface area contributed by atoms with E-state index in [0.717, 1.165) is 3.57 Å². The van der Waals surface area contributed by atoms with Crippen LogP contribution in [-0.2, 0) is 9.59 Å². The van der Waals surface area contributed by atoms with Gasteiger partial charge < -0.3 is 10.2 Å². The third-order valence-electron chi connectivity index (χ3n) is 5.03. The summed E-state index contributed by atoms with van der Waals surface area (Å²) in [6.07, 6.45) is 0.475. The number of amides is 3. The van der Waals surface area contributed by atoms with E-state index in [0.29, 0.717) is 16.9 Å². The van der Waals surface area contributed by atoms with Crippen LogP contribution < -0.4 is 10.2 Å². The molecule has 0 radical (unpaired) electrons. The summed E-state index contributed by atoms with van der Waals surface area (Å²) in [5.41, 5.74) is 0.243. The van der Waals surface area contributed by atoms with Crippen LogP contribution >= 0.6 is 22.6 Å². The Morgan fingerprint density at radius 1 is 1.12 bits per heavy atom. The van der Waals surface area contributed by atoms with E-state index in [1.165, 1.54) is 9.80 Å². The normalized spacial score (nSPS) is 21.5. The van der Waals surface area contributed by atoms with Gasteiger partial charge in [-0.3, -0.25) is 19.3 Å². The fourth-order valence-electron chi connectivity index (χ4n) is 3.71. The molecule has 6 nitrogen and oxygen atoms in total. The number of fused-ring (bicyclic) bond motifs is 3. The Bertz CT molecular complexity index is 945. The predicted molar refractivity (Wildman–Crippen MR) is 106 cm³/mol.